The quantitative estimate of drug-likeness (QED) is 0.620. The monoisotopic (exact) mass is 379 g/mol. The van der Waals surface area contributed by atoms with Crippen molar-refractivity contribution >= 4 is 5.97 Å². The topological polar surface area (TPSA) is 55.3 Å². The first kappa shape index (κ1) is 19.5. The summed E-state index contributed by atoms with van der Waals surface area (Å²) in [6.07, 6.45) is 2.96. The van der Waals surface area contributed by atoms with Crippen LogP contribution in [0.5, 0.6) is 0 Å². The molecule has 27 heavy (non-hydrogen) atoms. The van der Waals surface area contributed by atoms with Crippen molar-refractivity contribution in [3.63, 3.8) is 0 Å². The van der Waals surface area contributed by atoms with Gasteiger partial charge in [-0.05, 0) is 12.0 Å². The molecule has 0 aliphatic heterocycles. The van der Waals surface area contributed by atoms with Gasteiger partial charge < -0.3 is 9.84 Å². The number of esters is 1. The number of nitrogens with zero attached hydrogens (tertiary/aromatic N) is 2. The number of aromatic nitrogens is 2. The molecule has 1 saturated carbocycles. The van der Waals surface area contributed by atoms with E-state index in [9.17, 15) is 18.7 Å². The van der Waals surface area contributed by atoms with Crippen LogP contribution in [-0.4, -0.2) is 28.2 Å². The summed E-state index contributed by atoms with van der Waals surface area (Å²) in [5, 5.41) is 11.2. The van der Waals surface area contributed by atoms with Crippen molar-refractivity contribution in [3.05, 3.63) is 54.1 Å². The van der Waals surface area contributed by atoms with Crippen molar-refractivity contribution in [1.82, 2.24) is 4.57 Å². The second-order valence-electron chi connectivity index (χ2n) is 7.21. The highest BCUT2D eigenvalue weighted by molar-refractivity contribution is 5.81. The van der Waals surface area contributed by atoms with Crippen LogP contribution in [0.25, 0.3) is 0 Å². The zero-order chi connectivity index (χ0) is 19.7. The summed E-state index contributed by atoms with van der Waals surface area (Å²) in [4.78, 5) is 12.8. The molecule has 1 N–H and O–H groups in total. The van der Waals surface area contributed by atoms with E-state index >= 15 is 0 Å². The van der Waals surface area contributed by atoms with Crippen LogP contribution >= 0.6 is 0 Å². The van der Waals surface area contributed by atoms with Crippen LogP contribution in [0.1, 0.15) is 30.7 Å². The number of carbonyl (C=O) groups is 1. The first-order valence-electron chi connectivity index (χ1n) is 9.08. The SMILES string of the molecule is Cc1n(CCOC(=O)[C@](O)(c2ccccc2)[C@H]2CCC(F)(F)C2)cc[n+]1C. The lowest BCUT2D eigenvalue weighted by molar-refractivity contribution is -0.677. The van der Waals surface area contributed by atoms with E-state index < -0.39 is 29.8 Å². The van der Waals surface area contributed by atoms with Crippen LogP contribution in [-0.2, 0) is 28.7 Å². The molecule has 0 bridgehead atoms. The van der Waals surface area contributed by atoms with Crippen molar-refractivity contribution in [2.24, 2.45) is 13.0 Å². The van der Waals surface area contributed by atoms with E-state index in [4.69, 9.17) is 4.74 Å². The molecule has 1 heterocycles. The molecule has 2 atom stereocenters. The number of imidazole rings is 1. The van der Waals surface area contributed by atoms with Crippen molar-refractivity contribution in [3.8, 4) is 0 Å². The van der Waals surface area contributed by atoms with E-state index in [0.717, 1.165) is 5.82 Å². The third-order valence-corrected chi connectivity index (χ3v) is 5.48. The largest absolute Gasteiger partial charge is 0.459 e. The Hall–Kier alpha value is -2.28. The van der Waals surface area contributed by atoms with Gasteiger partial charge in [-0.3, -0.25) is 0 Å². The highest BCUT2D eigenvalue weighted by atomic mass is 19.3. The highest BCUT2D eigenvalue weighted by Gasteiger charge is 2.54. The Morgan fingerprint density at radius 2 is 2.11 bits per heavy atom. The number of benzene rings is 1. The Bertz CT molecular complexity index is 807. The van der Waals surface area contributed by atoms with E-state index in [2.05, 4.69) is 0 Å². The van der Waals surface area contributed by atoms with Crippen molar-refractivity contribution in [2.75, 3.05) is 6.61 Å². The van der Waals surface area contributed by atoms with Crippen molar-refractivity contribution < 1.29 is 28.0 Å². The zero-order valence-electron chi connectivity index (χ0n) is 15.6. The maximum atomic E-state index is 13.8. The Morgan fingerprint density at radius 1 is 1.41 bits per heavy atom. The van der Waals surface area contributed by atoms with E-state index in [1.165, 1.54) is 0 Å². The summed E-state index contributed by atoms with van der Waals surface area (Å²) in [6.45, 7) is 2.40. The third kappa shape index (κ3) is 3.88. The Morgan fingerprint density at radius 3 is 2.67 bits per heavy atom. The average molecular weight is 379 g/mol. The van der Waals surface area contributed by atoms with Gasteiger partial charge in [0.05, 0.1) is 7.05 Å². The lowest BCUT2D eigenvalue weighted by Gasteiger charge is -2.32. The van der Waals surface area contributed by atoms with Gasteiger partial charge in [0, 0.05) is 25.7 Å². The van der Waals surface area contributed by atoms with Gasteiger partial charge in [-0.25, -0.2) is 22.7 Å². The standard InChI is InChI=1S/C20H25F2N2O3/c1-15-23(2)10-11-24(15)12-13-27-18(25)20(26,16-6-4-3-5-7-16)17-8-9-19(21,22)14-17/h3-7,10-11,17,26H,8-9,12-14H2,1-2H3/q+1/t17-,20-/m0/s1. The van der Waals surface area contributed by atoms with Gasteiger partial charge in [0.1, 0.15) is 25.5 Å². The molecule has 3 rings (SSSR count). The van der Waals surface area contributed by atoms with Crippen LogP contribution in [0.3, 0.4) is 0 Å². The summed E-state index contributed by atoms with van der Waals surface area (Å²) in [7, 11) is 1.91. The Labute approximate surface area is 157 Å². The van der Waals surface area contributed by atoms with Crippen LogP contribution in [0.2, 0.25) is 0 Å². The van der Waals surface area contributed by atoms with Gasteiger partial charge >= 0.3 is 5.97 Å². The van der Waals surface area contributed by atoms with Crippen LogP contribution in [0.4, 0.5) is 8.78 Å². The molecule has 1 fully saturated rings. The molecule has 0 saturated heterocycles. The molecule has 1 aliphatic rings. The number of rotatable bonds is 6. The minimum atomic E-state index is -2.87. The molecule has 5 nitrogen and oxygen atoms in total. The van der Waals surface area contributed by atoms with E-state index in [0.29, 0.717) is 12.1 Å². The molecule has 2 aromatic rings. The lowest BCUT2D eigenvalue weighted by Crippen LogP contribution is -2.44. The Kier molecular flexibility index (Phi) is 5.33. The fourth-order valence-corrected chi connectivity index (χ4v) is 3.70. The summed E-state index contributed by atoms with van der Waals surface area (Å²) < 4.78 is 36.7. The Balaban J connectivity index is 1.76. The fraction of sp³-hybridized carbons (Fsp3) is 0.500. The molecule has 1 aromatic carbocycles. The molecule has 1 aliphatic carbocycles. The minimum Gasteiger partial charge on any atom is -0.459 e. The number of aryl methyl sites for hydroxylation is 1. The van der Waals surface area contributed by atoms with Crippen molar-refractivity contribution in [1.29, 1.82) is 0 Å². The maximum absolute atomic E-state index is 13.8. The van der Waals surface area contributed by atoms with Crippen LogP contribution < -0.4 is 4.57 Å². The number of alkyl halides is 2. The normalized spacial score (nSPS) is 21.0. The first-order chi connectivity index (χ1) is 12.7. The molecule has 0 spiro atoms. The summed E-state index contributed by atoms with van der Waals surface area (Å²) in [6, 6.07) is 8.24. The smallest absolute Gasteiger partial charge is 0.343 e. The number of hydrogen-bond acceptors (Lipinski definition) is 3. The molecular weight excluding hydrogens is 354 g/mol. The van der Waals surface area contributed by atoms with Gasteiger partial charge in [-0.1, -0.05) is 30.3 Å². The highest BCUT2D eigenvalue weighted by Crippen LogP contribution is 2.47. The summed E-state index contributed by atoms with van der Waals surface area (Å²) >= 11 is 0. The number of hydrogen-bond donors (Lipinski definition) is 1. The number of ether oxygens (including phenoxy) is 1. The van der Waals surface area contributed by atoms with Gasteiger partial charge in [0.25, 0.3) is 5.82 Å². The predicted octanol–water partition coefficient (Wildman–Crippen LogP) is 2.49. The molecular formula is C20H25F2N2O3+. The minimum absolute atomic E-state index is 0.0482. The molecule has 7 heteroatoms. The first-order valence-corrected chi connectivity index (χ1v) is 9.08. The molecule has 0 radical (unpaired) electrons. The fourth-order valence-electron chi connectivity index (χ4n) is 3.70. The lowest BCUT2D eigenvalue weighted by atomic mass is 9.80. The molecule has 1 aromatic heterocycles. The van der Waals surface area contributed by atoms with Crippen molar-refractivity contribution in [2.45, 2.75) is 44.3 Å². The molecule has 146 valence electrons. The van der Waals surface area contributed by atoms with Crippen LogP contribution in [0, 0.1) is 12.8 Å². The summed E-state index contributed by atoms with van der Waals surface area (Å²) in [5.74, 6) is -3.64. The zero-order valence-corrected chi connectivity index (χ0v) is 15.6. The number of halogens is 2. The second kappa shape index (κ2) is 7.38. The van der Waals surface area contributed by atoms with E-state index in [-0.39, 0.29) is 19.4 Å². The number of aliphatic hydroxyl groups is 1. The number of carbonyl (C=O) groups excluding carboxylic acids is 1. The third-order valence-electron chi connectivity index (χ3n) is 5.48. The van der Waals surface area contributed by atoms with E-state index in [1.54, 1.807) is 30.3 Å². The summed E-state index contributed by atoms with van der Waals surface area (Å²) in [5.41, 5.74) is -1.78. The second-order valence-corrected chi connectivity index (χ2v) is 7.21. The van der Waals surface area contributed by atoms with Gasteiger partial charge in [-0.15, -0.1) is 0 Å². The van der Waals surface area contributed by atoms with E-state index in [1.807, 2.05) is 35.5 Å². The maximum Gasteiger partial charge on any atom is 0.343 e. The molecule has 0 unspecified atom stereocenters. The average Bonchev–Trinajstić information content (AvgIpc) is 3.18. The van der Waals surface area contributed by atoms with Gasteiger partial charge in [-0.2, -0.15) is 0 Å². The van der Waals surface area contributed by atoms with Gasteiger partial charge in [0.2, 0.25) is 5.92 Å². The molecule has 0 amide bonds. The van der Waals surface area contributed by atoms with Gasteiger partial charge in [0.15, 0.2) is 5.60 Å². The van der Waals surface area contributed by atoms with Crippen LogP contribution in [0.15, 0.2) is 42.7 Å². The predicted molar refractivity (Wildman–Crippen MR) is 93.9 cm³/mol.